The first-order valence-corrected chi connectivity index (χ1v) is 17.9. The summed E-state index contributed by atoms with van der Waals surface area (Å²) in [5.74, 6) is -0.834. The van der Waals surface area contributed by atoms with E-state index in [-0.39, 0.29) is 72.0 Å². The molecule has 0 rings (SSSR count). The Morgan fingerprint density at radius 2 is 0.358 bits per heavy atom. The maximum absolute atomic E-state index is 11.4. The molecule has 53 heavy (non-hydrogen) atoms. The molecule has 0 amide bonds. The molecule has 0 N–H and O–H groups in total. The summed E-state index contributed by atoms with van der Waals surface area (Å²) in [6, 6.07) is 0. The van der Waals surface area contributed by atoms with Crippen LogP contribution in [0.15, 0.2) is 47.3 Å². The van der Waals surface area contributed by atoms with Crippen molar-refractivity contribution in [2.45, 2.75) is 166 Å². The van der Waals surface area contributed by atoms with E-state index in [9.17, 15) is 39.6 Å². The Morgan fingerprint density at radius 3 is 0.415 bits per heavy atom. The van der Waals surface area contributed by atoms with Crippen molar-refractivity contribution in [3.8, 4) is 0 Å². The third-order valence-electron chi connectivity index (χ3n) is 6.96. The van der Waals surface area contributed by atoms with E-state index in [1.165, 1.54) is 24.3 Å². The molecular formula is C44H76HfO8. The minimum atomic E-state index is -0.457. The Bertz CT molecular complexity index is 1110. The van der Waals surface area contributed by atoms with Crippen molar-refractivity contribution in [3.63, 3.8) is 0 Å². The van der Waals surface area contributed by atoms with E-state index in [0.717, 1.165) is 0 Å². The van der Waals surface area contributed by atoms with E-state index in [2.05, 4.69) is 0 Å². The molecule has 0 radical (unpaired) electrons. The molecule has 0 atom stereocenters. The summed E-state index contributed by atoms with van der Waals surface area (Å²) in [6.45, 7) is 43.4. The zero-order valence-electron chi connectivity index (χ0n) is 38.1. The molecule has 0 aromatic heterocycles. The maximum atomic E-state index is 11.4. The average molecular weight is 912 g/mol. The minimum absolute atomic E-state index is 0. The van der Waals surface area contributed by atoms with Gasteiger partial charge < -0.3 is 20.4 Å². The molecule has 0 aliphatic heterocycles. The second kappa shape index (κ2) is 21.7. The van der Waals surface area contributed by atoms with Gasteiger partial charge in [0.05, 0.1) is 0 Å². The molecule has 8 nitrogen and oxygen atoms in total. The number of allylic oxidation sites excluding steroid dienone is 8. The van der Waals surface area contributed by atoms with Crippen molar-refractivity contribution >= 4 is 23.1 Å². The topological polar surface area (TPSA) is 161 Å². The first kappa shape index (κ1) is 60.0. The van der Waals surface area contributed by atoms with E-state index in [0.29, 0.717) is 0 Å². The van der Waals surface area contributed by atoms with Gasteiger partial charge in [-0.05, 0) is 46.0 Å². The van der Waals surface area contributed by atoms with Gasteiger partial charge in [0.15, 0.2) is 23.1 Å². The van der Waals surface area contributed by atoms with Crippen LogP contribution in [0, 0.1) is 43.3 Å². The molecule has 0 unspecified atom stereocenters. The van der Waals surface area contributed by atoms with Crippen molar-refractivity contribution in [1.29, 1.82) is 0 Å². The van der Waals surface area contributed by atoms with E-state index in [1.54, 1.807) is 0 Å². The zero-order chi connectivity index (χ0) is 43.4. The number of rotatable bonds is 4. The summed E-state index contributed by atoms with van der Waals surface area (Å²) in [6.07, 6.45) is 4.89. The van der Waals surface area contributed by atoms with Crippen LogP contribution in [0.5, 0.6) is 0 Å². The molecule has 0 spiro atoms. The van der Waals surface area contributed by atoms with Gasteiger partial charge in [-0.2, -0.15) is 0 Å². The SMILES string of the molecule is CC(C)(C)C(=O)/C=C(\[O-])C(C)(C)C.CC(C)(C)C(=O)/C=C(\[O-])C(C)(C)C.CC(C)(C)C(=O)/C=C(\[O-])C(C)(C)C.CC(C)(C)C(=O)/C=C(\[O-])C(C)(C)C.[Hf+4]. The molecule has 0 aliphatic carbocycles. The Morgan fingerprint density at radius 1 is 0.264 bits per heavy atom. The molecule has 0 heterocycles. The fourth-order valence-electron chi connectivity index (χ4n) is 2.21. The first-order valence-electron chi connectivity index (χ1n) is 17.9. The first-order chi connectivity index (χ1) is 22.2. The second-order valence-electron chi connectivity index (χ2n) is 21.5. The minimum Gasteiger partial charge on any atom is -0.875 e. The maximum Gasteiger partial charge on any atom is 4.00 e. The monoisotopic (exact) mass is 913 g/mol. The van der Waals surface area contributed by atoms with Crippen molar-refractivity contribution < 1.29 is 65.4 Å². The molecule has 0 aliphatic rings. The molecule has 0 saturated heterocycles. The van der Waals surface area contributed by atoms with E-state index >= 15 is 0 Å². The van der Waals surface area contributed by atoms with Gasteiger partial charge in [0.25, 0.3) is 0 Å². The molecule has 0 aromatic rings. The smallest absolute Gasteiger partial charge is 0.875 e. The predicted octanol–water partition coefficient (Wildman–Crippen LogP) is 7.57. The summed E-state index contributed by atoms with van der Waals surface area (Å²) >= 11 is 0. The molecule has 0 aromatic carbocycles. The fraction of sp³-hybridized carbons (Fsp3) is 0.727. The number of hydrogen-bond acceptors (Lipinski definition) is 8. The number of ketones is 4. The Kier molecular flexibility index (Phi) is 24.6. The summed E-state index contributed by atoms with van der Waals surface area (Å²) in [7, 11) is 0. The van der Waals surface area contributed by atoms with Gasteiger partial charge in [-0.1, -0.05) is 166 Å². The van der Waals surface area contributed by atoms with Crippen LogP contribution in [-0.2, 0) is 45.0 Å². The van der Waals surface area contributed by atoms with Crippen molar-refractivity contribution in [2.75, 3.05) is 0 Å². The van der Waals surface area contributed by atoms with Crippen LogP contribution in [-0.4, -0.2) is 23.1 Å². The van der Waals surface area contributed by atoms with Gasteiger partial charge in [-0.15, -0.1) is 23.0 Å². The van der Waals surface area contributed by atoms with Gasteiger partial charge in [0, 0.05) is 21.7 Å². The van der Waals surface area contributed by atoms with Crippen molar-refractivity contribution in [1.82, 2.24) is 0 Å². The quantitative estimate of drug-likeness (QED) is 0.159. The van der Waals surface area contributed by atoms with Crippen LogP contribution in [0.25, 0.3) is 0 Å². The second-order valence-corrected chi connectivity index (χ2v) is 21.5. The summed E-state index contributed by atoms with van der Waals surface area (Å²) in [4.78, 5) is 45.8. The fourth-order valence-corrected chi connectivity index (χ4v) is 2.21. The van der Waals surface area contributed by atoms with Crippen LogP contribution in [0.3, 0.4) is 0 Å². The largest absolute Gasteiger partial charge is 4.00 e. The van der Waals surface area contributed by atoms with E-state index in [1.807, 2.05) is 166 Å². The van der Waals surface area contributed by atoms with Crippen LogP contribution in [0.4, 0.5) is 0 Å². The number of carbonyl (C=O) groups excluding carboxylic acids is 4. The Hall–Kier alpha value is -2.29. The predicted molar refractivity (Wildman–Crippen MR) is 208 cm³/mol. The molecule has 0 fully saturated rings. The van der Waals surface area contributed by atoms with Crippen LogP contribution < -0.4 is 20.4 Å². The number of carbonyl (C=O) groups is 4. The van der Waals surface area contributed by atoms with Gasteiger partial charge in [-0.25, -0.2) is 0 Å². The van der Waals surface area contributed by atoms with Gasteiger partial charge in [0.1, 0.15) is 0 Å². The summed E-state index contributed by atoms with van der Waals surface area (Å²) in [5, 5.41) is 45.8. The molecule has 0 bridgehead atoms. The average Bonchev–Trinajstić information content (AvgIpc) is 2.85. The number of hydrogen-bond donors (Lipinski definition) is 0. The molecule has 9 heteroatoms. The Balaban J connectivity index is -0.000000192. The van der Waals surface area contributed by atoms with Crippen molar-refractivity contribution in [3.05, 3.63) is 47.3 Å². The summed E-state index contributed by atoms with van der Waals surface area (Å²) in [5.41, 5.74) is -3.66. The van der Waals surface area contributed by atoms with E-state index < -0.39 is 43.3 Å². The van der Waals surface area contributed by atoms with Crippen LogP contribution in [0.1, 0.15) is 166 Å². The third kappa shape index (κ3) is 29.7. The Labute approximate surface area is 343 Å². The van der Waals surface area contributed by atoms with Crippen LogP contribution >= 0.6 is 0 Å². The van der Waals surface area contributed by atoms with Gasteiger partial charge in [-0.3, -0.25) is 19.2 Å². The van der Waals surface area contributed by atoms with Crippen molar-refractivity contribution in [2.24, 2.45) is 43.3 Å². The molecular weight excluding hydrogens is 835 g/mol. The third-order valence-corrected chi connectivity index (χ3v) is 6.96. The molecule has 304 valence electrons. The zero-order valence-corrected chi connectivity index (χ0v) is 41.7. The van der Waals surface area contributed by atoms with Gasteiger partial charge in [0.2, 0.25) is 0 Å². The van der Waals surface area contributed by atoms with Crippen LogP contribution in [0.2, 0.25) is 0 Å². The normalized spacial score (nSPS) is 14.2. The van der Waals surface area contributed by atoms with E-state index in [4.69, 9.17) is 0 Å². The summed E-state index contributed by atoms with van der Waals surface area (Å²) < 4.78 is 0. The molecule has 0 saturated carbocycles. The van der Waals surface area contributed by atoms with Gasteiger partial charge >= 0.3 is 25.8 Å². The standard InChI is InChI=1S/4C11H20O2.Hf/c4*1-10(2,3)8(12)7-9(13)11(4,5)6;/h4*7,12H,1-6H3;/q;;;;+4/p-4/b4*8-7-;.